The summed E-state index contributed by atoms with van der Waals surface area (Å²) >= 11 is 0. The Kier molecular flexibility index (Phi) is 5.08. The summed E-state index contributed by atoms with van der Waals surface area (Å²) in [7, 11) is 0. The maximum Gasteiger partial charge on any atom is 0.159 e. The van der Waals surface area contributed by atoms with E-state index in [1.807, 2.05) is 23.9 Å². The molecule has 7 rings (SSSR count). The lowest BCUT2D eigenvalue weighted by Gasteiger charge is -2.43. The van der Waals surface area contributed by atoms with Crippen molar-refractivity contribution in [1.29, 1.82) is 0 Å². The van der Waals surface area contributed by atoms with E-state index in [0.717, 1.165) is 79.4 Å². The predicted molar refractivity (Wildman–Crippen MR) is 130 cm³/mol. The summed E-state index contributed by atoms with van der Waals surface area (Å²) in [5.41, 5.74) is 3.16. The third-order valence-corrected chi connectivity index (χ3v) is 8.29. The van der Waals surface area contributed by atoms with Crippen molar-refractivity contribution in [1.82, 2.24) is 24.6 Å². The largest absolute Gasteiger partial charge is 0.378 e. The van der Waals surface area contributed by atoms with Crippen LogP contribution in [0.1, 0.15) is 35.7 Å². The van der Waals surface area contributed by atoms with E-state index in [0.29, 0.717) is 30.6 Å². The van der Waals surface area contributed by atoms with Crippen molar-refractivity contribution in [2.24, 2.45) is 0 Å². The minimum Gasteiger partial charge on any atom is -0.378 e. The van der Waals surface area contributed by atoms with Gasteiger partial charge in [0.05, 0.1) is 49.7 Å². The Morgan fingerprint density at radius 3 is 2.57 bits per heavy atom. The van der Waals surface area contributed by atoms with Gasteiger partial charge in [-0.2, -0.15) is 5.10 Å². The fraction of sp³-hybridized carbons (Fsp3) is 0.577. The van der Waals surface area contributed by atoms with E-state index < -0.39 is 6.17 Å². The number of morpholine rings is 1. The van der Waals surface area contributed by atoms with E-state index in [2.05, 4.69) is 34.0 Å². The Bertz CT molecular complexity index is 1280. The zero-order valence-corrected chi connectivity index (χ0v) is 20.2. The number of anilines is 1. The van der Waals surface area contributed by atoms with Gasteiger partial charge in [0.1, 0.15) is 17.8 Å². The van der Waals surface area contributed by atoms with E-state index in [9.17, 15) is 0 Å². The number of alkyl halides is 1. The molecule has 4 saturated heterocycles. The second-order valence-electron chi connectivity index (χ2n) is 10.6. The summed E-state index contributed by atoms with van der Waals surface area (Å²) in [6, 6.07) is 7.06. The zero-order valence-electron chi connectivity index (χ0n) is 20.2. The number of piperidine rings is 1. The van der Waals surface area contributed by atoms with E-state index in [1.165, 1.54) is 0 Å². The Morgan fingerprint density at radius 2 is 1.86 bits per heavy atom. The molecule has 0 radical (unpaired) electrons. The van der Waals surface area contributed by atoms with Crippen LogP contribution >= 0.6 is 0 Å². The molecule has 8 nitrogen and oxygen atoms in total. The molecule has 3 aromatic rings. The molecule has 2 unspecified atom stereocenters. The fourth-order valence-corrected chi connectivity index (χ4v) is 6.30. The second kappa shape index (κ2) is 8.21. The molecule has 0 aliphatic carbocycles. The molecule has 2 bridgehead atoms. The van der Waals surface area contributed by atoms with Crippen LogP contribution in [-0.2, 0) is 9.47 Å². The van der Waals surface area contributed by atoms with Crippen molar-refractivity contribution in [2.75, 3.05) is 44.4 Å². The average molecular weight is 479 g/mol. The summed E-state index contributed by atoms with van der Waals surface area (Å²) in [4.78, 5) is 14.0. The van der Waals surface area contributed by atoms with Gasteiger partial charge in [-0.25, -0.2) is 19.0 Å². The highest BCUT2D eigenvalue weighted by Gasteiger charge is 2.40. The first-order valence-corrected chi connectivity index (χ1v) is 12.7. The first-order chi connectivity index (χ1) is 17.0. The fourth-order valence-electron chi connectivity index (χ4n) is 6.30. The van der Waals surface area contributed by atoms with Crippen molar-refractivity contribution >= 4 is 16.7 Å². The first-order valence-electron chi connectivity index (χ1n) is 12.7. The van der Waals surface area contributed by atoms with Gasteiger partial charge in [-0.1, -0.05) is 0 Å². The molecular formula is C26H31FN6O2. The van der Waals surface area contributed by atoms with Gasteiger partial charge in [-0.3, -0.25) is 4.90 Å². The standard InChI is InChI=1S/C26H31FN6O2/c1-15-5-17-9-28-33(26-8-25(29-16(2)30-26)32-10-20-6-18(32)14-35-20)24(17)7-22(15)21-3-4-31(11-23(21)27)19-12-34-13-19/h5,7-9,18-21,23H,3-4,6,10-14H2,1-2H3/t18-,20-,21?,23?/m0/s1. The van der Waals surface area contributed by atoms with E-state index >= 15 is 4.39 Å². The summed E-state index contributed by atoms with van der Waals surface area (Å²) in [5, 5.41) is 5.73. The van der Waals surface area contributed by atoms with Gasteiger partial charge in [0.25, 0.3) is 0 Å². The number of ether oxygens (including phenoxy) is 2. The second-order valence-corrected chi connectivity index (χ2v) is 10.6. The molecule has 184 valence electrons. The Morgan fingerprint density at radius 1 is 1.00 bits per heavy atom. The monoisotopic (exact) mass is 478 g/mol. The van der Waals surface area contributed by atoms with Crippen LogP contribution in [-0.4, -0.2) is 88.5 Å². The van der Waals surface area contributed by atoms with Crippen LogP contribution < -0.4 is 4.90 Å². The molecule has 6 heterocycles. The van der Waals surface area contributed by atoms with Gasteiger partial charge in [0.2, 0.25) is 0 Å². The number of hydrogen-bond donors (Lipinski definition) is 0. The number of hydrogen-bond acceptors (Lipinski definition) is 7. The summed E-state index contributed by atoms with van der Waals surface area (Å²) in [6.45, 7) is 8.48. The molecule has 4 atom stereocenters. The van der Waals surface area contributed by atoms with E-state index in [-0.39, 0.29) is 5.92 Å². The van der Waals surface area contributed by atoms with Gasteiger partial charge in [0.15, 0.2) is 5.82 Å². The van der Waals surface area contributed by atoms with Crippen LogP contribution in [0, 0.1) is 13.8 Å². The lowest BCUT2D eigenvalue weighted by Crippen LogP contribution is -2.54. The topological polar surface area (TPSA) is 68.5 Å². The Balaban J connectivity index is 1.22. The number of halogens is 1. The molecule has 4 aliphatic rings. The minimum absolute atomic E-state index is 0.108. The van der Waals surface area contributed by atoms with Crippen molar-refractivity contribution in [2.45, 2.75) is 57.0 Å². The number of aryl methyl sites for hydroxylation is 2. The summed E-state index contributed by atoms with van der Waals surface area (Å²) in [6.07, 6.45) is 3.15. The van der Waals surface area contributed by atoms with Gasteiger partial charge in [0, 0.05) is 30.5 Å². The Labute approximate surface area is 204 Å². The number of fused-ring (bicyclic) bond motifs is 3. The average Bonchev–Trinajstić information content (AvgIpc) is 3.53. The lowest BCUT2D eigenvalue weighted by molar-refractivity contribution is -0.0807. The molecule has 4 aliphatic heterocycles. The van der Waals surface area contributed by atoms with Gasteiger partial charge >= 0.3 is 0 Å². The third kappa shape index (κ3) is 3.63. The maximum atomic E-state index is 15.4. The van der Waals surface area contributed by atoms with Crippen molar-refractivity contribution in [3.8, 4) is 5.82 Å². The molecule has 4 fully saturated rings. The quantitative estimate of drug-likeness (QED) is 0.571. The van der Waals surface area contributed by atoms with Crippen LogP contribution in [0.25, 0.3) is 16.7 Å². The third-order valence-electron chi connectivity index (χ3n) is 8.29. The maximum absolute atomic E-state index is 15.4. The number of nitrogens with zero attached hydrogens (tertiary/aromatic N) is 6. The number of benzene rings is 1. The van der Waals surface area contributed by atoms with Crippen LogP contribution in [0.4, 0.5) is 10.2 Å². The molecule has 0 N–H and O–H groups in total. The van der Waals surface area contributed by atoms with E-state index in [4.69, 9.17) is 19.4 Å². The molecule has 2 aromatic heterocycles. The predicted octanol–water partition coefficient (Wildman–Crippen LogP) is 2.94. The van der Waals surface area contributed by atoms with E-state index in [1.54, 1.807) is 0 Å². The van der Waals surface area contributed by atoms with Gasteiger partial charge in [-0.05, 0) is 56.5 Å². The highest BCUT2D eigenvalue weighted by Crippen LogP contribution is 2.37. The van der Waals surface area contributed by atoms with Gasteiger partial charge < -0.3 is 14.4 Å². The van der Waals surface area contributed by atoms with Crippen LogP contribution in [0.5, 0.6) is 0 Å². The highest BCUT2D eigenvalue weighted by atomic mass is 19.1. The summed E-state index contributed by atoms with van der Waals surface area (Å²) in [5.74, 6) is 2.28. The molecule has 35 heavy (non-hydrogen) atoms. The smallest absolute Gasteiger partial charge is 0.159 e. The number of aromatic nitrogens is 4. The lowest BCUT2D eigenvalue weighted by atomic mass is 9.84. The van der Waals surface area contributed by atoms with Crippen molar-refractivity contribution in [3.63, 3.8) is 0 Å². The highest BCUT2D eigenvalue weighted by molar-refractivity contribution is 5.82. The number of rotatable bonds is 4. The van der Waals surface area contributed by atoms with Crippen LogP contribution in [0.15, 0.2) is 24.4 Å². The molecule has 0 spiro atoms. The minimum atomic E-state index is -0.891. The zero-order chi connectivity index (χ0) is 23.7. The number of likely N-dealkylation sites (tertiary alicyclic amines) is 1. The van der Waals surface area contributed by atoms with Crippen molar-refractivity contribution in [3.05, 3.63) is 41.3 Å². The molecule has 0 saturated carbocycles. The molecule has 0 amide bonds. The first kappa shape index (κ1) is 21.6. The molecule has 1 aromatic carbocycles. The van der Waals surface area contributed by atoms with Crippen LogP contribution in [0.2, 0.25) is 0 Å². The Hall–Kier alpha value is -2.62. The van der Waals surface area contributed by atoms with Gasteiger partial charge in [-0.15, -0.1) is 0 Å². The summed E-state index contributed by atoms with van der Waals surface area (Å²) < 4.78 is 28.4. The molecular weight excluding hydrogens is 447 g/mol. The van der Waals surface area contributed by atoms with Crippen molar-refractivity contribution < 1.29 is 13.9 Å². The van der Waals surface area contributed by atoms with Crippen LogP contribution in [0.3, 0.4) is 0 Å². The molecule has 9 heteroatoms. The SMILES string of the molecule is Cc1nc(N2C[C@@H]3C[C@H]2CO3)cc(-n2ncc3cc(C)c(C4CCN(C5COC5)CC4F)cc32)n1. The normalized spacial score (nSPS) is 29.3.